The number of ether oxygens (including phenoxy) is 3. The second kappa shape index (κ2) is 7.87. The van der Waals surface area contributed by atoms with E-state index in [9.17, 15) is 14.4 Å². The lowest BCUT2D eigenvalue weighted by Crippen LogP contribution is -2.30. The fraction of sp³-hybridized carbons (Fsp3) is 0.211. The Labute approximate surface area is 160 Å². The molecule has 1 aromatic carbocycles. The van der Waals surface area contributed by atoms with Gasteiger partial charge in [-0.15, -0.1) is 0 Å². The number of rotatable bonds is 6. The van der Waals surface area contributed by atoms with Gasteiger partial charge in [0, 0.05) is 11.6 Å². The van der Waals surface area contributed by atoms with Gasteiger partial charge in [0.15, 0.2) is 0 Å². The monoisotopic (exact) mass is 386 g/mol. The van der Waals surface area contributed by atoms with E-state index in [1.54, 1.807) is 18.2 Å². The van der Waals surface area contributed by atoms with Crippen LogP contribution in [0.25, 0.3) is 6.08 Å². The summed E-state index contributed by atoms with van der Waals surface area (Å²) in [4.78, 5) is 37.3. The van der Waals surface area contributed by atoms with Crippen molar-refractivity contribution in [2.45, 2.75) is 6.54 Å². The van der Waals surface area contributed by atoms with E-state index in [1.807, 2.05) is 0 Å². The number of benzene rings is 1. The van der Waals surface area contributed by atoms with Crippen LogP contribution < -0.4 is 14.8 Å². The van der Waals surface area contributed by atoms with E-state index in [0.717, 1.165) is 4.90 Å². The van der Waals surface area contributed by atoms with E-state index in [-0.39, 0.29) is 23.8 Å². The van der Waals surface area contributed by atoms with Crippen LogP contribution in [0.15, 0.2) is 40.4 Å². The van der Waals surface area contributed by atoms with E-state index >= 15 is 0 Å². The van der Waals surface area contributed by atoms with Crippen LogP contribution in [-0.2, 0) is 16.1 Å². The number of imide groups is 1. The number of hydrogen-bond donors (Lipinski definition) is 1. The zero-order chi connectivity index (χ0) is 20.3. The van der Waals surface area contributed by atoms with E-state index < -0.39 is 17.9 Å². The highest BCUT2D eigenvalue weighted by Gasteiger charge is 2.34. The summed E-state index contributed by atoms with van der Waals surface area (Å²) in [6, 6.07) is 7.41. The molecule has 1 fully saturated rings. The molecule has 1 aromatic heterocycles. The van der Waals surface area contributed by atoms with Crippen LogP contribution in [0.2, 0.25) is 0 Å². The van der Waals surface area contributed by atoms with Crippen molar-refractivity contribution in [3.63, 3.8) is 0 Å². The molecule has 1 N–H and O–H groups in total. The molecule has 3 rings (SSSR count). The molecular formula is C19H18N2O7. The number of nitrogens with zero attached hydrogens (tertiary/aromatic N) is 1. The summed E-state index contributed by atoms with van der Waals surface area (Å²) in [5, 5.41) is 2.52. The van der Waals surface area contributed by atoms with Crippen molar-refractivity contribution in [2.24, 2.45) is 0 Å². The maximum atomic E-state index is 12.6. The number of amides is 3. The quantitative estimate of drug-likeness (QED) is 0.461. The van der Waals surface area contributed by atoms with Gasteiger partial charge in [-0.3, -0.25) is 9.69 Å². The molecule has 0 saturated carbocycles. The summed E-state index contributed by atoms with van der Waals surface area (Å²) in [6.07, 6.45) is 1.51. The van der Waals surface area contributed by atoms with E-state index in [0.29, 0.717) is 17.1 Å². The molecule has 2 heterocycles. The second-order valence-electron chi connectivity index (χ2n) is 5.74. The van der Waals surface area contributed by atoms with Crippen LogP contribution in [0, 0.1) is 0 Å². The van der Waals surface area contributed by atoms with Gasteiger partial charge in [0.25, 0.3) is 5.91 Å². The Morgan fingerprint density at radius 2 is 1.93 bits per heavy atom. The van der Waals surface area contributed by atoms with Crippen LogP contribution in [0.5, 0.6) is 11.5 Å². The van der Waals surface area contributed by atoms with Gasteiger partial charge in [-0.25, -0.2) is 9.59 Å². The van der Waals surface area contributed by atoms with E-state index in [1.165, 1.54) is 39.5 Å². The number of urea groups is 1. The minimum atomic E-state index is -0.643. The summed E-state index contributed by atoms with van der Waals surface area (Å²) >= 11 is 0. The molecule has 1 saturated heterocycles. The third-order valence-electron chi connectivity index (χ3n) is 4.06. The zero-order valence-corrected chi connectivity index (χ0v) is 15.5. The second-order valence-corrected chi connectivity index (χ2v) is 5.74. The van der Waals surface area contributed by atoms with Gasteiger partial charge in [0.05, 0.1) is 27.9 Å². The largest absolute Gasteiger partial charge is 0.497 e. The first-order valence-electron chi connectivity index (χ1n) is 8.20. The van der Waals surface area contributed by atoms with Gasteiger partial charge in [0.1, 0.15) is 23.0 Å². The maximum Gasteiger partial charge on any atom is 0.373 e. The summed E-state index contributed by atoms with van der Waals surface area (Å²) in [7, 11) is 4.26. The predicted molar refractivity (Wildman–Crippen MR) is 96.7 cm³/mol. The highest BCUT2D eigenvalue weighted by atomic mass is 16.5. The molecule has 146 valence electrons. The molecule has 0 atom stereocenters. The van der Waals surface area contributed by atoms with Gasteiger partial charge in [-0.2, -0.15) is 0 Å². The molecular weight excluding hydrogens is 368 g/mol. The van der Waals surface area contributed by atoms with Crippen LogP contribution in [0.1, 0.15) is 21.9 Å². The average Bonchev–Trinajstić information content (AvgIpc) is 3.28. The number of hydrogen-bond acceptors (Lipinski definition) is 7. The van der Waals surface area contributed by atoms with Crippen molar-refractivity contribution in [1.82, 2.24) is 10.2 Å². The lowest BCUT2D eigenvalue weighted by atomic mass is 10.1. The van der Waals surface area contributed by atoms with Crippen molar-refractivity contribution < 1.29 is 33.0 Å². The lowest BCUT2D eigenvalue weighted by Gasteiger charge is -2.09. The summed E-state index contributed by atoms with van der Waals surface area (Å²) < 4.78 is 20.3. The third-order valence-corrected chi connectivity index (χ3v) is 4.06. The van der Waals surface area contributed by atoms with Gasteiger partial charge < -0.3 is 23.9 Å². The first kappa shape index (κ1) is 19.0. The lowest BCUT2D eigenvalue weighted by molar-refractivity contribution is -0.123. The molecule has 28 heavy (non-hydrogen) atoms. The standard InChI is InChI=1S/C19H18N2O7/c1-25-12-5-4-11(16(9-12)26-2)8-14-17(22)21(19(24)20-14)10-13-6-7-15(28-13)18(23)27-3/h4-9H,10H2,1-3H3,(H,20,24). The third kappa shape index (κ3) is 3.68. The van der Waals surface area contributed by atoms with Gasteiger partial charge in [-0.05, 0) is 30.3 Å². The van der Waals surface area contributed by atoms with E-state index in [4.69, 9.17) is 13.9 Å². The Morgan fingerprint density at radius 1 is 1.14 bits per heavy atom. The summed E-state index contributed by atoms with van der Waals surface area (Å²) in [5.74, 6) is 0.174. The number of esters is 1. The fourth-order valence-corrected chi connectivity index (χ4v) is 2.64. The number of carbonyl (C=O) groups is 3. The summed E-state index contributed by atoms with van der Waals surface area (Å²) in [6.45, 7) is -0.126. The summed E-state index contributed by atoms with van der Waals surface area (Å²) in [5.41, 5.74) is 0.688. The minimum Gasteiger partial charge on any atom is -0.497 e. The number of methoxy groups -OCH3 is 3. The zero-order valence-electron chi connectivity index (χ0n) is 15.5. The Morgan fingerprint density at radius 3 is 2.61 bits per heavy atom. The van der Waals surface area contributed by atoms with Crippen LogP contribution in [0.3, 0.4) is 0 Å². The predicted octanol–water partition coefficient (Wildman–Crippen LogP) is 2.18. The number of nitrogens with one attached hydrogen (secondary N) is 1. The molecule has 0 unspecified atom stereocenters. The Kier molecular flexibility index (Phi) is 5.35. The van der Waals surface area contributed by atoms with Crippen molar-refractivity contribution in [2.75, 3.05) is 21.3 Å². The molecule has 0 aliphatic carbocycles. The maximum absolute atomic E-state index is 12.6. The molecule has 3 amide bonds. The van der Waals surface area contributed by atoms with Crippen molar-refractivity contribution in [1.29, 1.82) is 0 Å². The SMILES string of the molecule is COC(=O)c1ccc(CN2C(=O)NC(=Cc3ccc(OC)cc3OC)C2=O)o1. The van der Waals surface area contributed by atoms with E-state index in [2.05, 4.69) is 10.1 Å². The van der Waals surface area contributed by atoms with Crippen molar-refractivity contribution in [3.8, 4) is 11.5 Å². The first-order valence-corrected chi connectivity index (χ1v) is 8.20. The topological polar surface area (TPSA) is 107 Å². The van der Waals surface area contributed by atoms with Gasteiger partial charge in [-0.1, -0.05) is 0 Å². The smallest absolute Gasteiger partial charge is 0.373 e. The molecule has 0 spiro atoms. The van der Waals surface area contributed by atoms with Crippen molar-refractivity contribution in [3.05, 3.63) is 53.1 Å². The molecule has 1 aliphatic rings. The molecule has 0 bridgehead atoms. The van der Waals surface area contributed by atoms with Crippen LogP contribution in [-0.4, -0.2) is 44.1 Å². The molecule has 0 radical (unpaired) electrons. The number of furan rings is 1. The van der Waals surface area contributed by atoms with Crippen molar-refractivity contribution >= 4 is 24.0 Å². The van der Waals surface area contributed by atoms with Crippen LogP contribution >= 0.6 is 0 Å². The molecule has 1 aliphatic heterocycles. The first-order chi connectivity index (χ1) is 13.5. The van der Waals surface area contributed by atoms with Crippen LogP contribution in [0.4, 0.5) is 4.79 Å². The van der Waals surface area contributed by atoms with Gasteiger partial charge >= 0.3 is 12.0 Å². The molecule has 9 nitrogen and oxygen atoms in total. The number of carbonyl (C=O) groups excluding carboxylic acids is 3. The highest BCUT2D eigenvalue weighted by molar-refractivity contribution is 6.14. The minimum absolute atomic E-state index is 0.0108. The Balaban J connectivity index is 1.81. The average molecular weight is 386 g/mol. The fourth-order valence-electron chi connectivity index (χ4n) is 2.64. The van der Waals surface area contributed by atoms with Gasteiger partial charge in [0.2, 0.25) is 5.76 Å². The molecule has 9 heteroatoms. The molecule has 2 aromatic rings. The Hall–Kier alpha value is -3.75. The highest BCUT2D eigenvalue weighted by Crippen LogP contribution is 2.27. The normalized spacial score (nSPS) is 15.0. The Bertz CT molecular complexity index is 961.